The lowest BCUT2D eigenvalue weighted by Gasteiger charge is -2.36. The van der Waals surface area contributed by atoms with Gasteiger partial charge in [0.25, 0.3) is 11.6 Å². The summed E-state index contributed by atoms with van der Waals surface area (Å²) in [6.07, 6.45) is 4.04. The van der Waals surface area contributed by atoms with Gasteiger partial charge in [0, 0.05) is 24.8 Å². The molecule has 0 fully saturated rings. The first-order valence-corrected chi connectivity index (χ1v) is 16.6. The molecule has 1 N–H and O–H groups in total. The number of nitro groups is 1. The summed E-state index contributed by atoms with van der Waals surface area (Å²) in [5.41, 5.74) is 3.43. The molecule has 0 radical (unpaired) electrons. The molecule has 0 bridgehead atoms. The molecule has 0 spiro atoms. The highest BCUT2D eigenvalue weighted by Gasteiger charge is 2.33. The second kappa shape index (κ2) is 13.0. The summed E-state index contributed by atoms with van der Waals surface area (Å²) < 4.78 is 22.6. The number of hydrogen-bond donors (Lipinski definition) is 1. The summed E-state index contributed by atoms with van der Waals surface area (Å²) in [5, 5.41) is 17.0. The fourth-order valence-electron chi connectivity index (χ4n) is 5.29. The Balaban J connectivity index is 0.00000127. The van der Waals surface area contributed by atoms with Crippen LogP contribution in [0.15, 0.2) is 54.6 Å². The van der Waals surface area contributed by atoms with Crippen LogP contribution >= 0.6 is 0 Å². The molecular formula is C28H34N2O6Si2. The van der Waals surface area contributed by atoms with Gasteiger partial charge in [0.2, 0.25) is 0 Å². The highest BCUT2D eigenvalue weighted by atomic mass is 28.4. The van der Waals surface area contributed by atoms with Crippen LogP contribution in [0, 0.1) is 23.0 Å². The number of carbonyl (C=O) groups is 1. The van der Waals surface area contributed by atoms with Crippen LogP contribution in [0.5, 0.6) is 0 Å². The van der Waals surface area contributed by atoms with Crippen LogP contribution in [-0.4, -0.2) is 35.6 Å². The summed E-state index contributed by atoms with van der Waals surface area (Å²) >= 11 is 0. The molecule has 8 nitrogen and oxygen atoms in total. The predicted molar refractivity (Wildman–Crippen MR) is 149 cm³/mol. The number of aryl methyl sites for hydroxylation is 2. The van der Waals surface area contributed by atoms with E-state index in [4.69, 9.17) is 13.3 Å². The minimum atomic E-state index is -1.66. The molecule has 0 saturated heterocycles. The molecule has 0 unspecified atom stereocenters. The fourth-order valence-corrected chi connectivity index (χ4v) is 6.55. The Morgan fingerprint density at radius 3 is 2.55 bits per heavy atom. The Labute approximate surface area is 226 Å². The molecule has 3 aromatic rings. The Morgan fingerprint density at radius 2 is 1.87 bits per heavy atom. The smallest absolute Gasteiger partial charge is 0.420 e. The number of rotatable bonds is 8. The van der Waals surface area contributed by atoms with Gasteiger partial charge in [0.05, 0.1) is 11.0 Å². The van der Waals surface area contributed by atoms with Crippen LogP contribution in [0.3, 0.4) is 0 Å². The maximum absolute atomic E-state index is 13.5. The Hall–Kier alpha value is -3.22. The van der Waals surface area contributed by atoms with E-state index in [1.165, 1.54) is 28.6 Å². The maximum Gasteiger partial charge on any atom is 0.549 e. The third-order valence-electron chi connectivity index (χ3n) is 7.36. The van der Waals surface area contributed by atoms with Crippen molar-refractivity contribution in [3.63, 3.8) is 0 Å². The van der Waals surface area contributed by atoms with Gasteiger partial charge >= 0.3 is 9.29 Å². The number of benzene rings is 3. The second-order valence-electron chi connectivity index (χ2n) is 10.4. The lowest BCUT2D eigenvalue weighted by atomic mass is 9.75. The number of non-ortho nitro benzene ring substituents is 1. The summed E-state index contributed by atoms with van der Waals surface area (Å²) in [4.78, 5) is 24.4. The van der Waals surface area contributed by atoms with E-state index in [-0.39, 0.29) is 17.6 Å². The van der Waals surface area contributed by atoms with Crippen LogP contribution < -0.4 is 5.32 Å². The van der Waals surface area contributed by atoms with Crippen molar-refractivity contribution in [3.05, 3.63) is 87.0 Å². The minimum absolute atomic E-state index is 0.0621. The van der Waals surface area contributed by atoms with Crippen molar-refractivity contribution in [3.8, 4) is 0 Å². The predicted octanol–water partition coefficient (Wildman–Crippen LogP) is 6.10. The van der Waals surface area contributed by atoms with Gasteiger partial charge < -0.3 is 9.74 Å². The Morgan fingerprint density at radius 1 is 1.16 bits per heavy atom. The van der Waals surface area contributed by atoms with Gasteiger partial charge in [-0.1, -0.05) is 42.8 Å². The summed E-state index contributed by atoms with van der Waals surface area (Å²) in [7, 11) is -1.27. The third-order valence-corrected chi connectivity index (χ3v) is 10.0. The number of nitrogens with one attached hydrogen (secondary N) is 1. The molecule has 1 amide bonds. The lowest BCUT2D eigenvalue weighted by molar-refractivity contribution is -0.384. The number of carbonyl (C=O) groups excluding carboxylic acids is 1. The molecule has 0 aromatic heterocycles. The monoisotopic (exact) mass is 550 g/mol. The molecule has 10 heteroatoms. The van der Waals surface area contributed by atoms with Crippen molar-refractivity contribution in [1.29, 1.82) is 0 Å². The maximum atomic E-state index is 13.5. The summed E-state index contributed by atoms with van der Waals surface area (Å²) in [6, 6.07) is 18.2. The zero-order valence-electron chi connectivity index (χ0n) is 22.3. The van der Waals surface area contributed by atoms with E-state index >= 15 is 0 Å². The summed E-state index contributed by atoms with van der Waals surface area (Å²) in [5.74, 6) is 0.0258. The van der Waals surface area contributed by atoms with Crippen LogP contribution in [0.4, 0.5) is 5.69 Å². The molecular weight excluding hydrogens is 516 g/mol. The van der Waals surface area contributed by atoms with Gasteiger partial charge in [-0.25, -0.2) is 0 Å². The zero-order chi connectivity index (χ0) is 27.9. The van der Waals surface area contributed by atoms with E-state index in [9.17, 15) is 14.9 Å². The van der Waals surface area contributed by atoms with E-state index in [0.29, 0.717) is 17.0 Å². The van der Waals surface area contributed by atoms with Gasteiger partial charge in [0.1, 0.15) is 0 Å². The topological polar surface area (TPSA) is 116 Å². The van der Waals surface area contributed by atoms with E-state index in [1.54, 1.807) is 20.1 Å². The first-order valence-electron chi connectivity index (χ1n) is 12.7. The van der Waals surface area contributed by atoms with Gasteiger partial charge in [0.15, 0.2) is 8.32 Å². The Kier molecular flexibility index (Phi) is 10.1. The van der Waals surface area contributed by atoms with Crippen LogP contribution in [0.1, 0.15) is 52.4 Å². The number of hydrogen-bond acceptors (Lipinski definition) is 6. The van der Waals surface area contributed by atoms with Gasteiger partial charge in [-0.05, 0) is 84.8 Å². The van der Waals surface area contributed by atoms with Crippen LogP contribution in [-0.2, 0) is 19.8 Å². The first-order chi connectivity index (χ1) is 18.1. The Bertz CT molecular complexity index is 1350. The third kappa shape index (κ3) is 7.21. The lowest BCUT2D eigenvalue weighted by Crippen LogP contribution is -2.37. The van der Waals surface area contributed by atoms with Gasteiger partial charge in [-0.2, -0.15) is 0 Å². The van der Waals surface area contributed by atoms with E-state index in [0.717, 1.165) is 37.1 Å². The fraction of sp³-hybridized carbons (Fsp3) is 0.393. The van der Waals surface area contributed by atoms with Crippen molar-refractivity contribution in [2.24, 2.45) is 5.92 Å². The van der Waals surface area contributed by atoms with Crippen molar-refractivity contribution in [2.75, 3.05) is 7.11 Å². The minimum Gasteiger partial charge on any atom is -0.420 e. The number of nitrogens with zero attached hydrogens (tertiary/aromatic N) is 1. The number of fused-ring (bicyclic) bond motifs is 3. The van der Waals surface area contributed by atoms with Crippen molar-refractivity contribution >= 4 is 40.0 Å². The van der Waals surface area contributed by atoms with Crippen molar-refractivity contribution in [1.82, 2.24) is 5.32 Å². The second-order valence-corrected chi connectivity index (χ2v) is 15.0. The standard InChI is InChI=1S/C28H34N2O4Si.O2Si/c1-19-16-23(18-24(17-19)30(32)33)28(31)29-27-22(9-7-15-35(3,4)34-2)14-13-21-12-11-20-8-5-6-10-25(20)26(21)27;1-3-2/h5-6,8,10-12,16-18,22,27H,7,9,13-15H2,1-4H3,(H,29,31);/t22-,27-;/m0./s1. The molecule has 4 rings (SSSR count). The summed E-state index contributed by atoms with van der Waals surface area (Å²) in [6.45, 7) is 6.25. The van der Waals surface area contributed by atoms with Gasteiger partial charge in [-0.3, -0.25) is 23.8 Å². The van der Waals surface area contributed by atoms with E-state index < -0.39 is 22.5 Å². The molecule has 0 saturated carbocycles. The van der Waals surface area contributed by atoms with E-state index in [2.05, 4.69) is 42.7 Å². The molecule has 2 atom stereocenters. The molecule has 1 aliphatic rings. The normalized spacial score (nSPS) is 16.5. The number of nitro benzene ring substituents is 1. The highest BCUT2D eigenvalue weighted by Crippen LogP contribution is 2.41. The molecule has 38 heavy (non-hydrogen) atoms. The quantitative estimate of drug-likeness (QED) is 0.206. The first kappa shape index (κ1) is 29.3. The highest BCUT2D eigenvalue weighted by molar-refractivity contribution is 6.71. The average Bonchev–Trinajstić information content (AvgIpc) is 2.89. The van der Waals surface area contributed by atoms with E-state index in [1.807, 2.05) is 12.1 Å². The van der Waals surface area contributed by atoms with Crippen LogP contribution in [0.25, 0.3) is 10.8 Å². The molecule has 1 aliphatic carbocycles. The van der Waals surface area contributed by atoms with Crippen molar-refractivity contribution in [2.45, 2.75) is 57.8 Å². The van der Waals surface area contributed by atoms with Gasteiger partial charge in [-0.15, -0.1) is 0 Å². The molecule has 3 aromatic carbocycles. The van der Waals surface area contributed by atoms with Crippen molar-refractivity contribution < 1.29 is 23.1 Å². The zero-order valence-corrected chi connectivity index (χ0v) is 24.3. The SMILES string of the molecule is CO[Si](C)(C)CCC[C@H]1CCc2ccc3ccccc3c2[C@H]1NC(=O)c1cc(C)cc([N+](=O)[O-])c1.O=[Si]=O. The van der Waals surface area contributed by atoms with Crippen LogP contribution in [0.2, 0.25) is 19.1 Å². The molecule has 0 heterocycles. The average molecular weight is 551 g/mol. The molecule has 0 aliphatic heterocycles. The largest absolute Gasteiger partial charge is 0.549 e. The number of amides is 1. The molecule has 200 valence electrons.